The van der Waals surface area contributed by atoms with E-state index in [0.29, 0.717) is 31.0 Å². The van der Waals surface area contributed by atoms with Crippen LogP contribution in [-0.2, 0) is 24.3 Å². The first-order valence-electron chi connectivity index (χ1n) is 11.2. The fourth-order valence-corrected chi connectivity index (χ4v) is 3.80. The maximum atomic E-state index is 12.6. The number of amides is 1. The molecule has 0 saturated carbocycles. The molecule has 33 heavy (non-hydrogen) atoms. The van der Waals surface area contributed by atoms with Crippen LogP contribution in [0.4, 0.5) is 0 Å². The number of nitrogens with one attached hydrogen (secondary N) is 2. The van der Waals surface area contributed by atoms with Crippen molar-refractivity contribution in [3.63, 3.8) is 0 Å². The number of ether oxygens (including phenoxy) is 2. The van der Waals surface area contributed by atoms with Gasteiger partial charge in [0.1, 0.15) is 0 Å². The predicted octanol–water partition coefficient (Wildman–Crippen LogP) is 3.74. The van der Waals surface area contributed by atoms with Gasteiger partial charge >= 0.3 is 0 Å². The van der Waals surface area contributed by atoms with E-state index in [-0.39, 0.29) is 29.9 Å². The lowest BCUT2D eigenvalue weighted by Gasteiger charge is -2.29. The maximum absolute atomic E-state index is 12.6. The first-order valence-corrected chi connectivity index (χ1v) is 11.2. The average molecular weight is 566 g/mol. The summed E-state index contributed by atoms with van der Waals surface area (Å²) in [6.07, 6.45) is 2.23. The summed E-state index contributed by atoms with van der Waals surface area (Å²) in [6, 6.07) is 14.2. The SMILES string of the molecule is CCNC(=NCc1ccc(OC)c(OC)c1)NCCCC(=O)N1CCc2ccccc2C1.I. The second kappa shape index (κ2) is 13.9. The first kappa shape index (κ1) is 26.8. The Morgan fingerprint density at radius 1 is 1.06 bits per heavy atom. The topological polar surface area (TPSA) is 75.2 Å². The molecule has 2 aromatic rings. The molecule has 0 spiro atoms. The molecule has 2 N–H and O–H groups in total. The largest absolute Gasteiger partial charge is 0.493 e. The summed E-state index contributed by atoms with van der Waals surface area (Å²) in [6.45, 7) is 5.53. The van der Waals surface area contributed by atoms with Gasteiger partial charge in [0.2, 0.25) is 5.91 Å². The van der Waals surface area contributed by atoms with Crippen molar-refractivity contribution >= 4 is 35.8 Å². The molecule has 2 aromatic carbocycles. The lowest BCUT2D eigenvalue weighted by molar-refractivity contribution is -0.132. The van der Waals surface area contributed by atoms with E-state index in [1.807, 2.05) is 36.1 Å². The Labute approximate surface area is 214 Å². The van der Waals surface area contributed by atoms with Crippen molar-refractivity contribution in [1.82, 2.24) is 15.5 Å². The highest BCUT2D eigenvalue weighted by molar-refractivity contribution is 14.0. The third kappa shape index (κ3) is 7.80. The summed E-state index contributed by atoms with van der Waals surface area (Å²) in [4.78, 5) is 19.3. The van der Waals surface area contributed by atoms with E-state index >= 15 is 0 Å². The Morgan fingerprint density at radius 2 is 1.82 bits per heavy atom. The van der Waals surface area contributed by atoms with Gasteiger partial charge in [0.25, 0.3) is 0 Å². The Morgan fingerprint density at radius 3 is 2.55 bits per heavy atom. The van der Waals surface area contributed by atoms with E-state index in [0.717, 1.165) is 44.0 Å². The molecule has 0 unspecified atom stereocenters. The lowest BCUT2D eigenvalue weighted by Crippen LogP contribution is -2.39. The van der Waals surface area contributed by atoms with Crippen LogP contribution >= 0.6 is 24.0 Å². The predicted molar refractivity (Wildman–Crippen MR) is 143 cm³/mol. The van der Waals surface area contributed by atoms with Gasteiger partial charge in [0, 0.05) is 32.6 Å². The van der Waals surface area contributed by atoms with Crippen LogP contribution in [0.2, 0.25) is 0 Å². The van der Waals surface area contributed by atoms with Crippen molar-refractivity contribution in [3.05, 3.63) is 59.2 Å². The van der Waals surface area contributed by atoms with Crippen molar-refractivity contribution in [3.8, 4) is 11.5 Å². The van der Waals surface area contributed by atoms with Crippen LogP contribution in [0.1, 0.15) is 36.5 Å². The summed E-state index contributed by atoms with van der Waals surface area (Å²) < 4.78 is 10.6. The number of fused-ring (bicyclic) bond motifs is 1. The van der Waals surface area contributed by atoms with E-state index in [9.17, 15) is 4.79 Å². The second-order valence-corrected chi connectivity index (χ2v) is 7.75. The van der Waals surface area contributed by atoms with Crippen LogP contribution in [0.5, 0.6) is 11.5 Å². The molecule has 7 nitrogen and oxygen atoms in total. The highest BCUT2D eigenvalue weighted by Crippen LogP contribution is 2.27. The number of aliphatic imine (C=N–C) groups is 1. The Hall–Kier alpha value is -2.49. The van der Waals surface area contributed by atoms with Crippen molar-refractivity contribution in [2.75, 3.05) is 33.9 Å². The molecule has 0 saturated heterocycles. The number of carbonyl (C=O) groups is 1. The summed E-state index contributed by atoms with van der Waals surface area (Å²) in [5.41, 5.74) is 3.65. The van der Waals surface area contributed by atoms with Crippen LogP contribution in [0.25, 0.3) is 0 Å². The van der Waals surface area contributed by atoms with Crippen LogP contribution in [-0.4, -0.2) is 50.6 Å². The van der Waals surface area contributed by atoms with E-state index in [4.69, 9.17) is 9.47 Å². The molecule has 0 fully saturated rings. The second-order valence-electron chi connectivity index (χ2n) is 7.75. The zero-order valence-corrected chi connectivity index (χ0v) is 22.1. The summed E-state index contributed by atoms with van der Waals surface area (Å²) in [7, 11) is 3.25. The molecule has 0 atom stereocenters. The van der Waals surface area contributed by atoms with Gasteiger partial charge < -0.3 is 25.0 Å². The fraction of sp³-hybridized carbons (Fsp3) is 0.440. The van der Waals surface area contributed by atoms with Crippen molar-refractivity contribution in [1.29, 1.82) is 0 Å². The summed E-state index contributed by atoms with van der Waals surface area (Å²) >= 11 is 0. The zero-order chi connectivity index (χ0) is 22.8. The van der Waals surface area contributed by atoms with Crippen LogP contribution in [0.3, 0.4) is 0 Å². The van der Waals surface area contributed by atoms with Gasteiger partial charge in [-0.2, -0.15) is 0 Å². The molecule has 0 radical (unpaired) electrons. The van der Waals surface area contributed by atoms with E-state index in [2.05, 4.69) is 33.8 Å². The number of methoxy groups -OCH3 is 2. The molecule has 0 aromatic heterocycles. The molecular formula is C25H35IN4O3. The zero-order valence-electron chi connectivity index (χ0n) is 19.7. The van der Waals surface area contributed by atoms with Crippen LogP contribution in [0, 0.1) is 0 Å². The highest BCUT2D eigenvalue weighted by atomic mass is 127. The minimum absolute atomic E-state index is 0. The lowest BCUT2D eigenvalue weighted by atomic mass is 9.99. The number of benzene rings is 2. The van der Waals surface area contributed by atoms with E-state index in [1.54, 1.807) is 14.2 Å². The molecule has 0 aliphatic carbocycles. The van der Waals surface area contributed by atoms with Crippen molar-refractivity contribution in [2.24, 2.45) is 4.99 Å². The standard InChI is InChI=1S/C25H34N4O3.HI/c1-4-26-25(28-17-19-11-12-22(31-2)23(16-19)32-3)27-14-7-10-24(30)29-15-13-20-8-5-6-9-21(20)18-29;/h5-6,8-9,11-12,16H,4,7,10,13-15,17-18H2,1-3H3,(H2,26,27,28);1H. The van der Waals surface area contributed by atoms with Crippen LogP contribution < -0.4 is 20.1 Å². The molecule has 1 heterocycles. The minimum atomic E-state index is 0. The number of nitrogens with zero attached hydrogens (tertiary/aromatic N) is 2. The summed E-state index contributed by atoms with van der Waals surface area (Å²) in [5, 5.41) is 6.58. The van der Waals surface area contributed by atoms with E-state index < -0.39 is 0 Å². The Bertz CT molecular complexity index is 936. The molecule has 1 aliphatic heterocycles. The fourth-order valence-electron chi connectivity index (χ4n) is 3.80. The maximum Gasteiger partial charge on any atom is 0.222 e. The normalized spacial score (nSPS) is 12.9. The quantitative estimate of drug-likeness (QED) is 0.210. The van der Waals surface area contributed by atoms with Gasteiger partial charge in [-0.1, -0.05) is 30.3 Å². The van der Waals surface area contributed by atoms with Gasteiger partial charge in [0.15, 0.2) is 17.5 Å². The Kier molecular flexibility index (Phi) is 11.3. The summed E-state index contributed by atoms with van der Waals surface area (Å²) in [5.74, 6) is 2.35. The number of hydrogen-bond donors (Lipinski definition) is 2. The molecule has 180 valence electrons. The number of halogens is 1. The number of hydrogen-bond acceptors (Lipinski definition) is 4. The van der Waals surface area contributed by atoms with Gasteiger partial charge in [-0.25, -0.2) is 4.99 Å². The molecule has 8 heteroatoms. The molecule has 0 bridgehead atoms. The average Bonchev–Trinajstić information content (AvgIpc) is 2.84. The minimum Gasteiger partial charge on any atom is -0.493 e. The third-order valence-corrected chi connectivity index (χ3v) is 5.56. The molecule has 3 rings (SSSR count). The van der Waals surface area contributed by atoms with Crippen molar-refractivity contribution < 1.29 is 14.3 Å². The number of carbonyl (C=O) groups excluding carboxylic acids is 1. The van der Waals surface area contributed by atoms with Crippen LogP contribution in [0.15, 0.2) is 47.5 Å². The van der Waals surface area contributed by atoms with Gasteiger partial charge in [-0.05, 0) is 48.6 Å². The van der Waals surface area contributed by atoms with E-state index in [1.165, 1.54) is 11.1 Å². The smallest absolute Gasteiger partial charge is 0.222 e. The highest BCUT2D eigenvalue weighted by Gasteiger charge is 2.19. The molecular weight excluding hydrogens is 531 g/mol. The van der Waals surface area contributed by atoms with Gasteiger partial charge in [-0.3, -0.25) is 4.79 Å². The van der Waals surface area contributed by atoms with Crippen molar-refractivity contribution in [2.45, 2.75) is 39.3 Å². The molecule has 1 aliphatic rings. The molecule has 1 amide bonds. The Balaban J connectivity index is 0.00000385. The number of guanidine groups is 1. The number of rotatable bonds is 9. The monoisotopic (exact) mass is 566 g/mol. The van der Waals surface area contributed by atoms with Gasteiger partial charge in [-0.15, -0.1) is 24.0 Å². The first-order chi connectivity index (χ1) is 15.6. The third-order valence-electron chi connectivity index (χ3n) is 5.56. The van der Waals surface area contributed by atoms with Gasteiger partial charge in [0.05, 0.1) is 20.8 Å².